The zero-order chi connectivity index (χ0) is 48.8. The van der Waals surface area contributed by atoms with E-state index in [2.05, 4.69) is 286 Å². The van der Waals surface area contributed by atoms with Crippen LogP contribution in [0.2, 0.25) is 0 Å². The Kier molecular flexibility index (Phi) is 11.4. The van der Waals surface area contributed by atoms with Crippen LogP contribution in [0, 0.1) is 18.8 Å². The molecule has 73 heavy (non-hydrogen) atoms. The first-order valence-corrected chi connectivity index (χ1v) is 27.0. The Bertz CT molecular complexity index is 3840. The minimum Gasteiger partial charge on any atom is -0.493 e. The third kappa shape index (κ3) is 7.30. The monoisotopic (exact) mass is 1140 g/mol. The number of hydrogen-bond donors (Lipinski definition) is 0. The molecule has 1 aliphatic carbocycles. The number of rotatable bonds is 8. The summed E-state index contributed by atoms with van der Waals surface area (Å²) < 4.78 is 2.33. The fraction of sp³-hybridized carbons (Fsp3) is 0.104. The van der Waals surface area contributed by atoms with Gasteiger partial charge < -0.3 is 14.4 Å². The number of anilines is 4. The number of benzene rings is 9. The molecule has 0 spiro atoms. The van der Waals surface area contributed by atoms with Gasteiger partial charge in [-0.25, -0.2) is 4.98 Å². The number of nitrogens with zero attached hydrogens (tertiary/aromatic N) is 4. The molecule has 0 saturated carbocycles. The van der Waals surface area contributed by atoms with Gasteiger partial charge in [-0.05, 0) is 79.3 Å². The molecule has 1 aliphatic heterocycles. The normalized spacial score (nSPS) is 13.7. The van der Waals surface area contributed by atoms with Gasteiger partial charge in [0, 0.05) is 66.4 Å². The Morgan fingerprint density at radius 2 is 1.16 bits per heavy atom. The summed E-state index contributed by atoms with van der Waals surface area (Å²) in [5.74, 6) is 0.890. The number of aromatic nitrogens is 2. The molecule has 0 bridgehead atoms. The molecule has 3 heterocycles. The quantitative estimate of drug-likeness (QED) is 0.0861. The van der Waals surface area contributed by atoms with Gasteiger partial charge in [0.05, 0.1) is 0 Å². The van der Waals surface area contributed by atoms with E-state index in [4.69, 9.17) is 4.98 Å². The van der Waals surface area contributed by atoms with E-state index in [0.717, 1.165) is 49.7 Å². The maximum Gasteiger partial charge on any atom is 0.135 e. The molecule has 358 valence electrons. The summed E-state index contributed by atoms with van der Waals surface area (Å²) in [5, 5.41) is 7.15. The van der Waals surface area contributed by atoms with E-state index in [1.54, 1.807) is 0 Å². The van der Waals surface area contributed by atoms with Crippen LogP contribution in [0.5, 0.6) is 0 Å². The van der Waals surface area contributed by atoms with E-state index in [9.17, 15) is 0 Å². The van der Waals surface area contributed by atoms with Crippen molar-refractivity contribution in [2.45, 2.75) is 45.4 Å². The molecule has 6 heteroatoms. The maximum atomic E-state index is 5.06. The molecule has 0 unspecified atom stereocenters. The molecule has 11 aromatic rings. The number of para-hydroxylation sites is 3. The van der Waals surface area contributed by atoms with Gasteiger partial charge in [-0.15, -0.1) is 17.7 Å². The zero-order valence-corrected chi connectivity index (χ0v) is 44.8. The van der Waals surface area contributed by atoms with Gasteiger partial charge in [-0.3, -0.25) is 0 Å². The van der Waals surface area contributed by atoms with Gasteiger partial charge in [0.2, 0.25) is 0 Å². The molecule has 9 aromatic carbocycles. The predicted molar refractivity (Wildman–Crippen MR) is 303 cm³/mol. The minimum atomic E-state index is -3.21. The summed E-state index contributed by atoms with van der Waals surface area (Å²) in [4.78, 5) is 9.85. The van der Waals surface area contributed by atoms with E-state index in [-0.39, 0.29) is 31.9 Å². The first-order chi connectivity index (χ1) is 35.1. The molecule has 4 nitrogen and oxygen atoms in total. The summed E-state index contributed by atoms with van der Waals surface area (Å²) in [7, 11) is -3.21. The molecule has 13 rings (SSSR count). The number of fused-ring (bicyclic) bond motifs is 7. The standard InChI is InChI=1S/C67H53N4Si.Pt/c1-66(2,3)47-40-41-68-63(42-47)71-59-33-18-16-30-54(59)55-37-36-52(44-62(55)71)72(49-25-11-7-12-26-49,50-27-13-8-14-28-50)51-29-21-24-48(43-51)69-45-70(61-35-20-19-34-60(61)69)65-53(46-22-9-6-10-23-46)38-39-58-64(65)56-31-15-17-32-57(56)67(58,4)5;/h6-42,45H,1-5H3;/q-3;. The molecule has 0 N–H and O–H groups in total. The second-order valence-corrected chi connectivity index (χ2v) is 24.6. The summed E-state index contributed by atoms with van der Waals surface area (Å²) >= 11 is 0. The second kappa shape index (κ2) is 17.9. The third-order valence-corrected chi connectivity index (χ3v) is 20.0. The molecule has 0 saturated heterocycles. The van der Waals surface area contributed by atoms with Crippen molar-refractivity contribution in [1.29, 1.82) is 0 Å². The second-order valence-electron chi connectivity index (χ2n) is 20.8. The summed E-state index contributed by atoms with van der Waals surface area (Å²) in [6, 6.07) is 88.6. The van der Waals surface area contributed by atoms with Crippen LogP contribution in [0.15, 0.2) is 225 Å². The molecule has 0 radical (unpaired) electrons. The average Bonchev–Trinajstić information content (AvgIpc) is 4.05. The molecule has 0 amide bonds. The van der Waals surface area contributed by atoms with Crippen molar-refractivity contribution in [3.63, 3.8) is 0 Å². The topological polar surface area (TPSA) is 24.3 Å². The van der Waals surface area contributed by atoms with Crippen LogP contribution in [-0.2, 0) is 31.9 Å². The SMILES string of the molecule is CC(C)(C)c1ccnc(-n2c3[c-]c([Si](c4[c-]c(N5[CH-]N(c6c(-c7ccccc7)ccc7c6-c6ccccc6C7(C)C)c6ccccc65)ccc4)(c4ccccc4)c4ccccc4)ccc3c3ccccc32)c1.[Pt]. The van der Waals surface area contributed by atoms with Gasteiger partial charge in [0.25, 0.3) is 0 Å². The largest absolute Gasteiger partial charge is 0.493 e. The summed E-state index contributed by atoms with van der Waals surface area (Å²) in [6.45, 7) is 13.8. The van der Waals surface area contributed by atoms with Crippen molar-refractivity contribution in [1.82, 2.24) is 9.55 Å². The molecular weight excluding hydrogens is 1080 g/mol. The number of hydrogen-bond acceptors (Lipinski definition) is 3. The molecule has 2 aromatic heterocycles. The zero-order valence-electron chi connectivity index (χ0n) is 41.5. The average molecular weight is 1140 g/mol. The first kappa shape index (κ1) is 46.5. The van der Waals surface area contributed by atoms with Gasteiger partial charge in [-0.1, -0.05) is 198 Å². The Morgan fingerprint density at radius 3 is 1.89 bits per heavy atom. The molecule has 0 atom stereocenters. The number of pyridine rings is 1. The Morgan fingerprint density at radius 1 is 0.534 bits per heavy atom. The van der Waals surface area contributed by atoms with Gasteiger partial charge in [-0.2, -0.15) is 52.8 Å². The van der Waals surface area contributed by atoms with E-state index in [1.165, 1.54) is 60.4 Å². The fourth-order valence-electron chi connectivity index (χ4n) is 11.8. The first-order valence-electron chi connectivity index (χ1n) is 25.0. The maximum absolute atomic E-state index is 5.06. The van der Waals surface area contributed by atoms with Crippen LogP contribution in [-0.4, -0.2) is 17.6 Å². The van der Waals surface area contributed by atoms with Gasteiger partial charge in [0.15, 0.2) is 0 Å². The predicted octanol–water partition coefficient (Wildman–Crippen LogP) is 13.8. The van der Waals surface area contributed by atoms with Crippen molar-refractivity contribution in [3.8, 4) is 28.1 Å². The van der Waals surface area contributed by atoms with Crippen LogP contribution in [0.1, 0.15) is 51.3 Å². The van der Waals surface area contributed by atoms with Gasteiger partial charge >= 0.3 is 0 Å². The fourth-order valence-corrected chi connectivity index (χ4v) is 16.4. The van der Waals surface area contributed by atoms with E-state index >= 15 is 0 Å². The van der Waals surface area contributed by atoms with Crippen LogP contribution in [0.4, 0.5) is 22.7 Å². The molecular formula is C67H53N4PtSi-3. The smallest absolute Gasteiger partial charge is 0.135 e. The van der Waals surface area contributed by atoms with Crippen molar-refractivity contribution in [2.75, 3.05) is 9.80 Å². The van der Waals surface area contributed by atoms with Crippen LogP contribution < -0.4 is 30.5 Å². The van der Waals surface area contributed by atoms with Crippen LogP contribution in [0.3, 0.4) is 0 Å². The summed E-state index contributed by atoms with van der Waals surface area (Å²) in [5.41, 5.74) is 15.1. The Labute approximate surface area is 444 Å². The summed E-state index contributed by atoms with van der Waals surface area (Å²) in [6.07, 6.45) is 1.95. The molecule has 2 aliphatic rings. The van der Waals surface area contributed by atoms with Crippen molar-refractivity contribution in [2.24, 2.45) is 0 Å². The van der Waals surface area contributed by atoms with E-state index in [1.807, 2.05) is 6.20 Å². The third-order valence-electron chi connectivity index (χ3n) is 15.4. The van der Waals surface area contributed by atoms with Gasteiger partial charge in [0.1, 0.15) is 13.9 Å². The van der Waals surface area contributed by atoms with Crippen molar-refractivity contribution in [3.05, 3.63) is 260 Å². The Hall–Kier alpha value is -7.56. The minimum absolute atomic E-state index is 0. The van der Waals surface area contributed by atoms with Crippen LogP contribution >= 0.6 is 0 Å². The molecule has 0 fully saturated rings. The van der Waals surface area contributed by atoms with Crippen molar-refractivity contribution < 1.29 is 21.1 Å². The van der Waals surface area contributed by atoms with Crippen LogP contribution in [0.25, 0.3) is 49.9 Å². The van der Waals surface area contributed by atoms with Crippen molar-refractivity contribution >= 4 is 73.4 Å². The Balaban J connectivity index is 0.00000543. The van der Waals surface area contributed by atoms with E-state index in [0.29, 0.717) is 0 Å². The van der Waals surface area contributed by atoms with E-state index < -0.39 is 8.07 Å².